The molecule has 8 rings (SSSR count). The van der Waals surface area contributed by atoms with Crippen molar-refractivity contribution in [2.75, 3.05) is 13.7 Å². The van der Waals surface area contributed by atoms with E-state index in [9.17, 15) is 14.4 Å². The molecule has 3 aromatic rings. The van der Waals surface area contributed by atoms with E-state index in [1.807, 2.05) is 57.5 Å². The van der Waals surface area contributed by atoms with Crippen LogP contribution in [0.4, 0.5) is 9.59 Å². The Morgan fingerprint density at radius 2 is 1.80 bits per heavy atom. The average molecular weight is 763 g/mol. The summed E-state index contributed by atoms with van der Waals surface area (Å²) in [5.41, 5.74) is 10.6. The number of carbonyl (C=O) groups excluding carboxylic acids is 3. The third-order valence-electron chi connectivity index (χ3n) is 12.0. The minimum absolute atomic E-state index is 0.00483. The van der Waals surface area contributed by atoms with E-state index in [0.29, 0.717) is 19.1 Å². The smallest absolute Gasteiger partial charge is 0.410 e. The van der Waals surface area contributed by atoms with Gasteiger partial charge in [-0.1, -0.05) is 32.9 Å². The topological polar surface area (TPSA) is 138 Å². The normalized spacial score (nSPS) is 23.2. The third kappa shape index (κ3) is 6.96. The number of fused-ring (bicyclic) bond motifs is 5. The van der Waals surface area contributed by atoms with E-state index in [4.69, 9.17) is 24.2 Å². The fourth-order valence-corrected chi connectivity index (χ4v) is 9.23. The molecule has 12 heteroatoms. The van der Waals surface area contributed by atoms with Crippen LogP contribution in [0.1, 0.15) is 109 Å². The van der Waals surface area contributed by atoms with Crippen LogP contribution in [0, 0.1) is 11.8 Å². The lowest BCUT2D eigenvalue weighted by Crippen LogP contribution is -2.52. The number of nitrogens with zero attached hydrogens (tertiary/aromatic N) is 4. The minimum Gasteiger partial charge on any atom is -0.488 e. The fourth-order valence-electron chi connectivity index (χ4n) is 9.23. The number of nitrogens with one attached hydrogen (secondary N) is 2. The lowest BCUT2D eigenvalue weighted by atomic mass is 9.83. The molecule has 1 aromatic heterocycles. The number of hydrogen-bond donors (Lipinski definition) is 2. The Bertz CT molecular complexity index is 2140. The number of allylic oxidation sites excluding steroid dienone is 2. The summed E-state index contributed by atoms with van der Waals surface area (Å²) >= 11 is 0. The Balaban J connectivity index is 0.999. The first-order valence-electron chi connectivity index (χ1n) is 20.1. The summed E-state index contributed by atoms with van der Waals surface area (Å²) in [6, 6.07) is 10.00. The van der Waals surface area contributed by atoms with Gasteiger partial charge in [-0.15, -0.1) is 0 Å². The van der Waals surface area contributed by atoms with E-state index in [0.717, 1.165) is 89.5 Å². The predicted octanol–water partition coefficient (Wildman–Crippen LogP) is 8.22. The van der Waals surface area contributed by atoms with Crippen LogP contribution in [-0.4, -0.2) is 81.0 Å². The summed E-state index contributed by atoms with van der Waals surface area (Å²) in [5.74, 6) is 1.75. The molecule has 0 unspecified atom stereocenters. The van der Waals surface area contributed by atoms with E-state index >= 15 is 0 Å². The first-order chi connectivity index (χ1) is 26.7. The molecule has 2 saturated heterocycles. The lowest BCUT2D eigenvalue weighted by Gasteiger charge is -2.32. The minimum atomic E-state index is -0.700. The monoisotopic (exact) mass is 762 g/mol. The number of ether oxygens (including phenoxy) is 3. The van der Waals surface area contributed by atoms with Crippen LogP contribution in [0.15, 0.2) is 47.2 Å². The molecule has 2 N–H and O–H groups in total. The van der Waals surface area contributed by atoms with Crippen LogP contribution in [0.2, 0.25) is 0 Å². The second kappa shape index (κ2) is 14.4. The molecule has 56 heavy (non-hydrogen) atoms. The number of alkyl carbamates (subject to hydrolysis) is 1. The molecule has 1 aliphatic carbocycles. The first-order valence-corrected chi connectivity index (χ1v) is 20.1. The van der Waals surface area contributed by atoms with Crippen molar-refractivity contribution in [2.45, 2.75) is 123 Å². The molecule has 0 spiro atoms. The van der Waals surface area contributed by atoms with E-state index in [2.05, 4.69) is 47.6 Å². The van der Waals surface area contributed by atoms with Crippen molar-refractivity contribution in [1.82, 2.24) is 25.1 Å². The van der Waals surface area contributed by atoms with Gasteiger partial charge in [0.15, 0.2) is 0 Å². The van der Waals surface area contributed by atoms with Crippen LogP contribution in [-0.2, 0) is 27.3 Å². The second-order valence-electron chi connectivity index (χ2n) is 17.6. The molecule has 0 bridgehead atoms. The van der Waals surface area contributed by atoms with Gasteiger partial charge < -0.3 is 29.4 Å². The SMILES string of the molecule is COC(=O)N[C@H](C(=O)N1[C@@H](C)CC[C@H]1c1ncc(-c2ccc3c(c2)COc2cc4c(cc2-3)CCC2=C4CC([C@@H]3C[C@H](C)CN3C(=O)OC(C)(C)C)=N2)[nH]1)C(C)C. The number of rotatable bonds is 6. The van der Waals surface area contributed by atoms with Crippen LogP contribution in [0.5, 0.6) is 5.75 Å². The van der Waals surface area contributed by atoms with Gasteiger partial charge in [0, 0.05) is 36.0 Å². The molecular weight excluding hydrogens is 709 g/mol. The Morgan fingerprint density at radius 1 is 1.00 bits per heavy atom. The summed E-state index contributed by atoms with van der Waals surface area (Å²) in [7, 11) is 1.30. The van der Waals surface area contributed by atoms with Gasteiger partial charge >= 0.3 is 12.2 Å². The van der Waals surface area contributed by atoms with Crippen molar-refractivity contribution in [3.8, 4) is 28.1 Å². The number of aliphatic imine (C=N–C) groups is 1. The number of aromatic nitrogens is 2. The Morgan fingerprint density at radius 3 is 2.55 bits per heavy atom. The lowest BCUT2D eigenvalue weighted by molar-refractivity contribution is -0.137. The largest absolute Gasteiger partial charge is 0.488 e. The highest BCUT2D eigenvalue weighted by Crippen LogP contribution is 2.47. The van der Waals surface area contributed by atoms with Crippen molar-refractivity contribution in [1.29, 1.82) is 0 Å². The van der Waals surface area contributed by atoms with E-state index in [1.165, 1.54) is 23.8 Å². The maximum absolute atomic E-state index is 13.8. The van der Waals surface area contributed by atoms with Crippen LogP contribution >= 0.6 is 0 Å². The van der Waals surface area contributed by atoms with Crippen molar-refractivity contribution in [3.63, 3.8) is 0 Å². The predicted molar refractivity (Wildman–Crippen MR) is 214 cm³/mol. The average Bonchev–Trinajstić information content (AvgIpc) is 3.97. The summed E-state index contributed by atoms with van der Waals surface area (Å²) in [6.07, 6.45) is 5.98. The molecule has 0 saturated carbocycles. The number of methoxy groups -OCH3 is 1. The first kappa shape index (κ1) is 37.8. The molecular formula is C44H54N6O6. The summed E-state index contributed by atoms with van der Waals surface area (Å²) in [5, 5.41) is 2.73. The van der Waals surface area contributed by atoms with Gasteiger partial charge in [-0.05, 0) is 123 Å². The molecule has 5 heterocycles. The van der Waals surface area contributed by atoms with Crippen LogP contribution in [0.3, 0.4) is 0 Å². The second-order valence-corrected chi connectivity index (χ2v) is 17.6. The number of aryl methyl sites for hydroxylation is 1. The highest BCUT2D eigenvalue weighted by atomic mass is 16.6. The standard InChI is InChI=1S/C44H54N6O6/c1-23(2)39(48-42(52)54-8)41(51)50-25(4)9-14-36(50)40-45-20-35(47-40)27-10-12-29-28(16-27)22-55-38-19-30-26(17-32(29)38)11-13-33-31(30)18-34(46-33)37-15-24(3)21-49(37)43(53)56-44(5,6)7/h10,12,16-17,19-20,23-25,36-37,39H,9,11,13-15,18,21-22H2,1-8H3,(H,45,47)(H,48,52)/t24-,25-,36-,37-,39-/m0/s1. The molecule has 296 valence electrons. The number of hydrogen-bond acceptors (Lipinski definition) is 8. The number of benzene rings is 2. The molecule has 4 aliphatic heterocycles. The number of aromatic amines is 1. The van der Waals surface area contributed by atoms with Crippen LogP contribution < -0.4 is 10.1 Å². The zero-order valence-electron chi connectivity index (χ0n) is 33.8. The van der Waals surface area contributed by atoms with E-state index in [-0.39, 0.29) is 36.0 Å². The number of carbonyl (C=O) groups is 3. The van der Waals surface area contributed by atoms with Gasteiger partial charge in [-0.3, -0.25) is 14.7 Å². The number of amides is 3. The molecule has 2 fully saturated rings. The molecule has 3 amide bonds. The molecule has 5 atom stereocenters. The van der Waals surface area contributed by atoms with Gasteiger partial charge in [-0.25, -0.2) is 14.6 Å². The summed E-state index contributed by atoms with van der Waals surface area (Å²) in [6.45, 7) is 14.9. The van der Waals surface area contributed by atoms with Crippen molar-refractivity contribution in [2.24, 2.45) is 16.8 Å². The molecule has 12 nitrogen and oxygen atoms in total. The van der Waals surface area contributed by atoms with Crippen molar-refractivity contribution in [3.05, 3.63) is 64.7 Å². The summed E-state index contributed by atoms with van der Waals surface area (Å²) < 4.78 is 17.1. The van der Waals surface area contributed by atoms with Crippen molar-refractivity contribution >= 4 is 29.4 Å². The van der Waals surface area contributed by atoms with Gasteiger partial charge in [0.05, 0.1) is 31.1 Å². The quantitative estimate of drug-likeness (QED) is 0.258. The number of imidazole rings is 1. The van der Waals surface area contributed by atoms with Gasteiger partial charge in [0.1, 0.15) is 29.8 Å². The van der Waals surface area contributed by atoms with Crippen molar-refractivity contribution < 1.29 is 28.6 Å². The van der Waals surface area contributed by atoms with E-state index < -0.39 is 17.7 Å². The zero-order valence-corrected chi connectivity index (χ0v) is 33.8. The number of likely N-dealkylation sites (tertiary alicyclic amines) is 2. The van der Waals surface area contributed by atoms with Gasteiger partial charge in [-0.2, -0.15) is 0 Å². The maximum Gasteiger partial charge on any atom is 0.410 e. The van der Waals surface area contributed by atoms with Crippen LogP contribution in [0.25, 0.3) is 28.0 Å². The van der Waals surface area contributed by atoms with Gasteiger partial charge in [0.25, 0.3) is 0 Å². The highest BCUT2D eigenvalue weighted by molar-refractivity contribution is 6.05. The van der Waals surface area contributed by atoms with E-state index in [1.54, 1.807) is 0 Å². The highest BCUT2D eigenvalue weighted by Gasteiger charge is 2.43. The zero-order chi connectivity index (χ0) is 39.6. The molecule has 0 radical (unpaired) electrons. The molecule has 2 aromatic carbocycles. The summed E-state index contributed by atoms with van der Waals surface area (Å²) in [4.78, 5) is 56.4. The maximum atomic E-state index is 13.8. The Hall–Kier alpha value is -5.13. The Kier molecular flexibility index (Phi) is 9.73. The third-order valence-corrected chi connectivity index (χ3v) is 12.0. The van der Waals surface area contributed by atoms with Gasteiger partial charge in [0.2, 0.25) is 5.91 Å². The Labute approximate surface area is 329 Å². The molecule has 5 aliphatic rings. The number of H-pyrrole nitrogens is 1. The fraction of sp³-hybridized carbons (Fsp3) is 0.523.